The highest BCUT2D eigenvalue weighted by atomic mass is 32.2. The van der Waals surface area contributed by atoms with Crippen LogP contribution in [0.15, 0.2) is 54.9 Å². The van der Waals surface area contributed by atoms with Gasteiger partial charge < -0.3 is 5.32 Å². The van der Waals surface area contributed by atoms with Gasteiger partial charge in [-0.1, -0.05) is 6.07 Å². The zero-order valence-corrected chi connectivity index (χ0v) is 16.2. The number of aromatic nitrogens is 3. The zero-order valence-electron chi connectivity index (χ0n) is 15.4. The molecule has 0 fully saturated rings. The Kier molecular flexibility index (Phi) is 6.23. The van der Waals surface area contributed by atoms with E-state index in [4.69, 9.17) is 5.26 Å². The molecule has 2 heterocycles. The van der Waals surface area contributed by atoms with E-state index < -0.39 is 21.9 Å². The standard InChI is InChI=1S/C18H16FN7O3S/c19-14-11-13(12-20)4-5-15(14)26-9-6-17(24-26)23-18(27)22-8-10-30(28,29)25-16-3-1-2-7-21-16/h1-7,9,11H,8,10H2,(H,21,25)(H2,22,23,24,27). The molecule has 0 aliphatic heterocycles. The fraction of sp³-hybridized carbons (Fsp3) is 0.111. The van der Waals surface area contributed by atoms with Crippen LogP contribution in [-0.2, 0) is 10.0 Å². The van der Waals surface area contributed by atoms with Crippen LogP contribution in [0, 0.1) is 17.1 Å². The van der Waals surface area contributed by atoms with Crippen molar-refractivity contribution in [1.82, 2.24) is 20.1 Å². The summed E-state index contributed by atoms with van der Waals surface area (Å²) in [6.07, 6.45) is 2.88. The molecule has 0 saturated carbocycles. The molecule has 0 radical (unpaired) electrons. The Balaban J connectivity index is 1.52. The van der Waals surface area contributed by atoms with E-state index in [0.29, 0.717) is 0 Å². The van der Waals surface area contributed by atoms with Crippen molar-refractivity contribution in [3.63, 3.8) is 0 Å². The van der Waals surface area contributed by atoms with E-state index in [1.54, 1.807) is 12.1 Å². The van der Waals surface area contributed by atoms with Gasteiger partial charge in [0.25, 0.3) is 0 Å². The molecule has 0 atom stereocenters. The molecule has 10 nitrogen and oxygen atoms in total. The second-order valence-corrected chi connectivity index (χ2v) is 7.78. The highest BCUT2D eigenvalue weighted by Crippen LogP contribution is 2.16. The van der Waals surface area contributed by atoms with Crippen LogP contribution >= 0.6 is 0 Å². The second kappa shape index (κ2) is 9.01. The van der Waals surface area contributed by atoms with Crippen molar-refractivity contribution in [2.45, 2.75) is 0 Å². The van der Waals surface area contributed by atoms with E-state index in [0.717, 1.165) is 6.07 Å². The summed E-state index contributed by atoms with van der Waals surface area (Å²) >= 11 is 0. The summed E-state index contributed by atoms with van der Waals surface area (Å²) in [6, 6.07) is 11.3. The van der Waals surface area contributed by atoms with E-state index in [2.05, 4.69) is 25.4 Å². The van der Waals surface area contributed by atoms with Gasteiger partial charge in [0.2, 0.25) is 10.0 Å². The lowest BCUT2D eigenvalue weighted by Gasteiger charge is -2.08. The number of carbonyl (C=O) groups is 1. The van der Waals surface area contributed by atoms with Crippen LogP contribution in [-0.4, -0.2) is 41.5 Å². The number of hydrogen-bond donors (Lipinski definition) is 3. The van der Waals surface area contributed by atoms with E-state index in [-0.39, 0.29) is 35.2 Å². The van der Waals surface area contributed by atoms with Gasteiger partial charge >= 0.3 is 6.03 Å². The van der Waals surface area contributed by atoms with Gasteiger partial charge in [-0.15, -0.1) is 5.10 Å². The number of sulfonamides is 1. The minimum atomic E-state index is -3.68. The minimum Gasteiger partial charge on any atom is -0.337 e. The van der Waals surface area contributed by atoms with Gasteiger partial charge in [-0.05, 0) is 30.3 Å². The minimum absolute atomic E-state index is 0.106. The van der Waals surface area contributed by atoms with Gasteiger partial charge in [0.1, 0.15) is 17.3 Å². The van der Waals surface area contributed by atoms with E-state index in [9.17, 15) is 17.6 Å². The second-order valence-electron chi connectivity index (χ2n) is 5.94. The summed E-state index contributed by atoms with van der Waals surface area (Å²) < 4.78 is 41.5. The van der Waals surface area contributed by atoms with E-state index >= 15 is 0 Å². The average Bonchev–Trinajstić information content (AvgIpc) is 3.16. The van der Waals surface area contributed by atoms with Crippen molar-refractivity contribution in [3.05, 3.63) is 66.2 Å². The number of pyridine rings is 1. The van der Waals surface area contributed by atoms with Crippen LogP contribution in [0.1, 0.15) is 5.56 Å². The lowest BCUT2D eigenvalue weighted by Crippen LogP contribution is -2.34. The number of hydrogen-bond acceptors (Lipinski definition) is 6. The fourth-order valence-electron chi connectivity index (χ4n) is 2.38. The Morgan fingerprint density at radius 3 is 2.73 bits per heavy atom. The maximum Gasteiger partial charge on any atom is 0.320 e. The summed E-state index contributed by atoms with van der Waals surface area (Å²) in [7, 11) is -3.68. The Bertz CT molecular complexity index is 1190. The summed E-state index contributed by atoms with van der Waals surface area (Å²) in [4.78, 5) is 15.8. The first-order valence-electron chi connectivity index (χ1n) is 8.58. The van der Waals surface area contributed by atoms with Gasteiger partial charge in [-0.2, -0.15) is 5.26 Å². The number of benzene rings is 1. The molecule has 154 valence electrons. The molecule has 0 bridgehead atoms. The van der Waals surface area contributed by atoms with Crippen LogP contribution in [0.25, 0.3) is 5.69 Å². The fourth-order valence-corrected chi connectivity index (χ4v) is 3.29. The number of urea groups is 1. The van der Waals surface area contributed by atoms with Crippen molar-refractivity contribution in [1.29, 1.82) is 5.26 Å². The van der Waals surface area contributed by atoms with Crippen molar-refractivity contribution >= 4 is 27.7 Å². The molecule has 12 heteroatoms. The molecule has 0 saturated heterocycles. The van der Waals surface area contributed by atoms with E-state index in [1.807, 2.05) is 6.07 Å². The lowest BCUT2D eigenvalue weighted by atomic mass is 10.2. The third kappa shape index (κ3) is 5.52. The van der Waals surface area contributed by atoms with Gasteiger partial charge in [-0.25, -0.2) is 27.3 Å². The lowest BCUT2D eigenvalue weighted by molar-refractivity contribution is 0.252. The largest absolute Gasteiger partial charge is 0.337 e. The molecule has 0 aliphatic carbocycles. The maximum absolute atomic E-state index is 14.1. The number of rotatable bonds is 7. The molecule has 0 aliphatic rings. The number of anilines is 2. The first-order chi connectivity index (χ1) is 14.4. The third-order valence-corrected chi connectivity index (χ3v) is 5.00. The quantitative estimate of drug-likeness (QED) is 0.523. The van der Waals surface area contributed by atoms with Crippen LogP contribution in [0.3, 0.4) is 0 Å². The third-order valence-electron chi connectivity index (χ3n) is 3.74. The predicted molar refractivity (Wildman–Crippen MR) is 107 cm³/mol. The van der Waals surface area contributed by atoms with Crippen molar-refractivity contribution in [2.75, 3.05) is 22.3 Å². The van der Waals surface area contributed by atoms with Crippen LogP contribution in [0.4, 0.5) is 20.8 Å². The molecular weight excluding hydrogens is 413 g/mol. The summed E-state index contributed by atoms with van der Waals surface area (Å²) in [5, 5.41) is 17.6. The molecule has 3 N–H and O–H groups in total. The number of halogens is 1. The molecule has 2 aromatic heterocycles. The van der Waals surface area contributed by atoms with Gasteiger partial charge in [-0.3, -0.25) is 10.0 Å². The first-order valence-corrected chi connectivity index (χ1v) is 10.2. The van der Waals surface area contributed by atoms with Crippen LogP contribution in [0.5, 0.6) is 0 Å². The number of nitrogens with zero attached hydrogens (tertiary/aromatic N) is 4. The van der Waals surface area contributed by atoms with E-state index in [1.165, 1.54) is 41.3 Å². The SMILES string of the molecule is N#Cc1ccc(-n2ccc(NC(=O)NCCS(=O)(=O)Nc3ccccn3)n2)c(F)c1. The Morgan fingerprint density at radius 2 is 2.03 bits per heavy atom. The molecule has 3 aromatic rings. The zero-order chi connectivity index (χ0) is 21.6. The monoisotopic (exact) mass is 429 g/mol. The predicted octanol–water partition coefficient (Wildman–Crippen LogP) is 1.84. The Morgan fingerprint density at radius 1 is 1.20 bits per heavy atom. The number of carbonyl (C=O) groups excluding carboxylic acids is 1. The molecule has 2 amide bonds. The Hall–Kier alpha value is -3.98. The molecule has 30 heavy (non-hydrogen) atoms. The van der Waals surface area contributed by atoms with Gasteiger partial charge in [0.05, 0.1) is 17.4 Å². The highest BCUT2D eigenvalue weighted by molar-refractivity contribution is 7.92. The molecule has 1 aromatic carbocycles. The first kappa shape index (κ1) is 20.7. The molecule has 3 rings (SSSR count). The summed E-state index contributed by atoms with van der Waals surface area (Å²) in [5.74, 6) is -0.686. The normalized spacial score (nSPS) is 10.8. The molecule has 0 unspecified atom stereocenters. The molecule has 0 spiro atoms. The highest BCUT2D eigenvalue weighted by Gasteiger charge is 2.13. The number of nitrogens with one attached hydrogen (secondary N) is 3. The number of amides is 2. The topological polar surface area (TPSA) is 142 Å². The van der Waals surface area contributed by atoms with Crippen molar-refractivity contribution in [3.8, 4) is 11.8 Å². The van der Waals surface area contributed by atoms with Gasteiger partial charge in [0.15, 0.2) is 5.82 Å². The molecular formula is C18H16FN7O3S. The summed E-state index contributed by atoms with van der Waals surface area (Å²) in [6.45, 7) is -0.154. The maximum atomic E-state index is 14.1. The van der Waals surface area contributed by atoms with Crippen LogP contribution in [0.2, 0.25) is 0 Å². The summed E-state index contributed by atoms with van der Waals surface area (Å²) in [5.41, 5.74) is 0.280. The number of nitriles is 1. The Labute approximate surface area is 171 Å². The van der Waals surface area contributed by atoms with Crippen molar-refractivity contribution in [2.24, 2.45) is 0 Å². The smallest absolute Gasteiger partial charge is 0.320 e. The van der Waals surface area contributed by atoms with Gasteiger partial charge in [0, 0.05) is 25.0 Å². The van der Waals surface area contributed by atoms with Crippen LogP contribution < -0.4 is 15.4 Å². The average molecular weight is 429 g/mol. The van der Waals surface area contributed by atoms with Crippen molar-refractivity contribution < 1.29 is 17.6 Å².